The van der Waals surface area contributed by atoms with Gasteiger partial charge in [0, 0.05) is 30.2 Å². The second-order valence-electron chi connectivity index (χ2n) is 8.54. The zero-order valence-corrected chi connectivity index (χ0v) is 19.3. The molecule has 0 bridgehead atoms. The van der Waals surface area contributed by atoms with Gasteiger partial charge in [0.15, 0.2) is 0 Å². The van der Waals surface area contributed by atoms with E-state index in [-0.39, 0.29) is 16.9 Å². The number of fused-ring (bicyclic) bond motifs is 1. The van der Waals surface area contributed by atoms with E-state index in [1.165, 1.54) is 29.4 Å². The van der Waals surface area contributed by atoms with Gasteiger partial charge < -0.3 is 16.4 Å². The number of halogens is 1. The lowest BCUT2D eigenvalue weighted by Gasteiger charge is -2.29. The van der Waals surface area contributed by atoms with Gasteiger partial charge in [-0.15, -0.1) is 0 Å². The Hall–Kier alpha value is -4.44. The monoisotopic (exact) mass is 485 g/mol. The molecule has 0 spiro atoms. The molecule has 1 aliphatic heterocycles. The van der Waals surface area contributed by atoms with Gasteiger partial charge in [0.1, 0.15) is 29.9 Å². The molecule has 0 aliphatic carbocycles. The number of nitrogens with zero attached hydrogens (tertiary/aromatic N) is 5. The molecule has 0 radical (unpaired) electrons. The van der Waals surface area contributed by atoms with Gasteiger partial charge in [-0.1, -0.05) is 18.2 Å². The Morgan fingerprint density at radius 1 is 1.00 bits per heavy atom. The fourth-order valence-corrected chi connectivity index (χ4v) is 4.47. The van der Waals surface area contributed by atoms with Crippen molar-refractivity contribution in [3.05, 3.63) is 89.6 Å². The Bertz CT molecular complexity index is 1460. The summed E-state index contributed by atoms with van der Waals surface area (Å²) in [5.41, 5.74) is 13.3. The minimum atomic E-state index is -1.09. The molecule has 1 fully saturated rings. The second kappa shape index (κ2) is 9.67. The minimum absolute atomic E-state index is 0.171. The highest BCUT2D eigenvalue weighted by Gasteiger charge is 2.29. The molecule has 3 heterocycles. The first-order valence-electron chi connectivity index (χ1n) is 11.5. The first-order chi connectivity index (χ1) is 17.4. The Labute approximate surface area is 206 Å². The summed E-state index contributed by atoms with van der Waals surface area (Å²) in [7, 11) is 0. The van der Waals surface area contributed by atoms with Crippen LogP contribution in [-0.4, -0.2) is 39.9 Å². The van der Waals surface area contributed by atoms with Gasteiger partial charge in [0.25, 0.3) is 11.8 Å². The van der Waals surface area contributed by atoms with E-state index in [0.29, 0.717) is 22.3 Å². The highest BCUT2D eigenvalue weighted by atomic mass is 19.1. The Kier molecular flexibility index (Phi) is 6.26. The summed E-state index contributed by atoms with van der Waals surface area (Å²) in [5.74, 6) is -0.745. The summed E-state index contributed by atoms with van der Waals surface area (Å²) >= 11 is 0. The van der Waals surface area contributed by atoms with Crippen LogP contribution in [-0.2, 0) is 0 Å². The summed E-state index contributed by atoms with van der Waals surface area (Å²) in [6.45, 7) is 1.73. The molecule has 9 nitrogen and oxygen atoms in total. The van der Waals surface area contributed by atoms with Crippen molar-refractivity contribution in [3.8, 4) is 0 Å². The molecule has 1 aliphatic rings. The Morgan fingerprint density at radius 2 is 1.78 bits per heavy atom. The number of hydrogen-bond donors (Lipinski definition) is 2. The van der Waals surface area contributed by atoms with E-state index in [0.717, 1.165) is 25.9 Å². The molecule has 36 heavy (non-hydrogen) atoms. The molecule has 5 rings (SSSR count). The maximum atomic E-state index is 14.1. The molecule has 2 aromatic heterocycles. The average Bonchev–Trinajstić information content (AvgIpc) is 3.44. The number of primary amides is 1. The normalized spacial score (nSPS) is 14.1. The van der Waals surface area contributed by atoms with Crippen molar-refractivity contribution in [2.24, 2.45) is 11.5 Å². The molecule has 0 saturated carbocycles. The first kappa shape index (κ1) is 23.3. The van der Waals surface area contributed by atoms with Crippen LogP contribution in [0.1, 0.15) is 45.3 Å². The van der Waals surface area contributed by atoms with E-state index in [1.807, 2.05) is 0 Å². The van der Waals surface area contributed by atoms with Gasteiger partial charge in [0.2, 0.25) is 0 Å². The van der Waals surface area contributed by atoms with Gasteiger partial charge in [0.05, 0.1) is 11.1 Å². The van der Waals surface area contributed by atoms with Crippen LogP contribution in [0.15, 0.2) is 67.1 Å². The highest BCUT2D eigenvalue weighted by molar-refractivity contribution is 6.12. The zero-order chi connectivity index (χ0) is 25.2. The molecule has 1 atom stereocenters. The number of carbonyl (C=O) groups is 2. The van der Waals surface area contributed by atoms with Crippen LogP contribution >= 0.6 is 0 Å². The molecular formula is C26H24FN7O2. The van der Waals surface area contributed by atoms with Crippen molar-refractivity contribution < 1.29 is 14.0 Å². The van der Waals surface area contributed by atoms with Crippen LogP contribution in [0, 0.1) is 5.82 Å². The summed E-state index contributed by atoms with van der Waals surface area (Å²) in [6.07, 6.45) is 3.85. The fourth-order valence-electron chi connectivity index (χ4n) is 4.47. The number of amides is 2. The number of nitrogens with two attached hydrogens (primary N) is 2. The molecule has 4 N–H and O–H groups in total. The van der Waals surface area contributed by atoms with Gasteiger partial charge in [-0.05, 0) is 54.8 Å². The largest absolute Gasteiger partial charge is 0.366 e. The molecule has 4 aromatic rings. The van der Waals surface area contributed by atoms with Crippen LogP contribution in [0.2, 0.25) is 0 Å². The lowest BCUT2D eigenvalue weighted by atomic mass is 10.1. The summed E-state index contributed by atoms with van der Waals surface area (Å²) in [4.78, 5) is 42.5. The third-order valence-electron chi connectivity index (χ3n) is 6.25. The number of benzene rings is 2. The lowest BCUT2D eigenvalue weighted by molar-refractivity contribution is 0.0974. The summed E-state index contributed by atoms with van der Waals surface area (Å²) in [5, 5.41) is 0.405. The van der Waals surface area contributed by atoms with Crippen LogP contribution in [0.4, 0.5) is 16.0 Å². The van der Waals surface area contributed by atoms with E-state index < -0.39 is 23.8 Å². The van der Waals surface area contributed by atoms with E-state index >= 15 is 0 Å². The molecule has 1 saturated heterocycles. The van der Waals surface area contributed by atoms with Gasteiger partial charge in [-0.25, -0.2) is 19.3 Å². The van der Waals surface area contributed by atoms with Crippen LogP contribution in [0.3, 0.4) is 0 Å². The van der Waals surface area contributed by atoms with Crippen molar-refractivity contribution in [3.63, 3.8) is 0 Å². The standard InChI is InChI=1S/C26H24FN7O2/c27-18-6-3-5-16(13-18)23(28)34(25-20-8-4-7-19(24(29)35)22(20)31-15-32-25)26(36)17-9-10-30-21(14-17)33-11-1-2-12-33/h3-10,13-15,23H,1-2,11-12,28H2,(H2,29,35). The third-order valence-corrected chi connectivity index (χ3v) is 6.25. The van der Waals surface area contributed by atoms with Crippen molar-refractivity contribution in [1.82, 2.24) is 15.0 Å². The maximum Gasteiger partial charge on any atom is 0.261 e. The molecule has 182 valence electrons. The van der Waals surface area contributed by atoms with Crippen LogP contribution in [0.25, 0.3) is 10.9 Å². The lowest BCUT2D eigenvalue weighted by Crippen LogP contribution is -2.40. The predicted octanol–water partition coefficient (Wildman–Crippen LogP) is 3.17. The zero-order valence-electron chi connectivity index (χ0n) is 19.3. The minimum Gasteiger partial charge on any atom is -0.366 e. The van der Waals surface area contributed by atoms with Gasteiger partial charge in [-0.2, -0.15) is 0 Å². The van der Waals surface area contributed by atoms with E-state index in [2.05, 4.69) is 19.9 Å². The Morgan fingerprint density at radius 3 is 2.53 bits per heavy atom. The molecule has 10 heteroatoms. The number of rotatable bonds is 6. The number of pyridine rings is 1. The SMILES string of the molecule is NC(=O)c1cccc2c(N(C(=O)c3ccnc(N4CCCC4)c3)C(N)c3cccc(F)c3)ncnc12. The second-order valence-corrected chi connectivity index (χ2v) is 8.54. The number of aromatic nitrogens is 3. The molecule has 2 aromatic carbocycles. The summed E-state index contributed by atoms with van der Waals surface area (Å²) < 4.78 is 14.1. The fraction of sp³-hybridized carbons (Fsp3) is 0.192. The van der Waals surface area contributed by atoms with Crippen molar-refractivity contribution >= 4 is 34.4 Å². The average molecular weight is 486 g/mol. The number of hydrogen-bond acceptors (Lipinski definition) is 7. The van der Waals surface area contributed by atoms with Crippen molar-refractivity contribution in [1.29, 1.82) is 0 Å². The molecule has 1 unspecified atom stereocenters. The summed E-state index contributed by atoms with van der Waals surface area (Å²) in [6, 6.07) is 13.9. The van der Waals surface area contributed by atoms with Crippen LogP contribution < -0.4 is 21.3 Å². The highest BCUT2D eigenvalue weighted by Crippen LogP contribution is 2.32. The van der Waals surface area contributed by atoms with Gasteiger partial charge >= 0.3 is 0 Å². The van der Waals surface area contributed by atoms with Crippen LogP contribution in [0.5, 0.6) is 0 Å². The van der Waals surface area contributed by atoms with E-state index in [4.69, 9.17) is 11.5 Å². The molecular weight excluding hydrogens is 461 g/mol. The van der Waals surface area contributed by atoms with E-state index in [9.17, 15) is 14.0 Å². The first-order valence-corrected chi connectivity index (χ1v) is 11.5. The Balaban J connectivity index is 1.66. The smallest absolute Gasteiger partial charge is 0.261 e. The topological polar surface area (TPSA) is 131 Å². The quantitative estimate of drug-likeness (QED) is 0.401. The predicted molar refractivity (Wildman–Crippen MR) is 134 cm³/mol. The van der Waals surface area contributed by atoms with Gasteiger partial charge in [-0.3, -0.25) is 14.5 Å². The number of carbonyl (C=O) groups excluding carboxylic acids is 2. The number of para-hydroxylation sites is 1. The van der Waals surface area contributed by atoms with E-state index in [1.54, 1.807) is 42.6 Å². The third kappa shape index (κ3) is 4.34. The van der Waals surface area contributed by atoms with Crippen molar-refractivity contribution in [2.75, 3.05) is 22.9 Å². The maximum absolute atomic E-state index is 14.1. The van der Waals surface area contributed by atoms with Crippen molar-refractivity contribution in [2.45, 2.75) is 19.0 Å². The number of anilines is 2. The molecule has 2 amide bonds.